The topological polar surface area (TPSA) is 64.4 Å². The van der Waals surface area contributed by atoms with Gasteiger partial charge in [0.05, 0.1) is 18.1 Å². The number of nitro groups is 1. The van der Waals surface area contributed by atoms with Crippen molar-refractivity contribution in [2.24, 2.45) is 0 Å². The molecule has 0 aliphatic heterocycles. The zero-order chi connectivity index (χ0) is 20.1. The van der Waals surface area contributed by atoms with E-state index in [2.05, 4.69) is 43.4 Å². The van der Waals surface area contributed by atoms with Crippen LogP contribution in [0.4, 0.5) is 5.69 Å². The predicted molar refractivity (Wildman–Crippen MR) is 111 cm³/mol. The highest BCUT2D eigenvalue weighted by Gasteiger charge is 2.20. The van der Waals surface area contributed by atoms with E-state index >= 15 is 0 Å². The monoisotopic (exact) mass is 376 g/mol. The SMILES string of the molecule is COc1ccc(C(N[C@H](C)c2ccc(C)cc2)c2cccc([N+](=O)[O-])c2)cc1. The summed E-state index contributed by atoms with van der Waals surface area (Å²) in [5.41, 5.74) is 4.32. The van der Waals surface area contributed by atoms with Gasteiger partial charge in [-0.1, -0.05) is 54.1 Å². The lowest BCUT2D eigenvalue weighted by molar-refractivity contribution is -0.384. The lowest BCUT2D eigenvalue weighted by Gasteiger charge is -2.25. The molecule has 0 heterocycles. The molecule has 5 heteroatoms. The van der Waals surface area contributed by atoms with Crippen molar-refractivity contribution in [3.63, 3.8) is 0 Å². The molecule has 1 unspecified atom stereocenters. The van der Waals surface area contributed by atoms with Crippen LogP contribution < -0.4 is 10.1 Å². The first kappa shape index (κ1) is 19.6. The van der Waals surface area contributed by atoms with Gasteiger partial charge in [-0.05, 0) is 42.7 Å². The lowest BCUT2D eigenvalue weighted by atomic mass is 9.96. The number of non-ortho nitro benzene ring substituents is 1. The Morgan fingerprint density at radius 2 is 1.57 bits per heavy atom. The van der Waals surface area contributed by atoms with Crippen molar-refractivity contribution in [3.05, 3.63) is 105 Å². The lowest BCUT2D eigenvalue weighted by Crippen LogP contribution is -2.25. The molecule has 0 aliphatic carbocycles. The molecule has 5 nitrogen and oxygen atoms in total. The van der Waals surface area contributed by atoms with Crippen LogP contribution >= 0.6 is 0 Å². The summed E-state index contributed by atoms with van der Waals surface area (Å²) in [6.07, 6.45) is 0. The molecule has 0 fully saturated rings. The van der Waals surface area contributed by atoms with E-state index in [0.717, 1.165) is 22.4 Å². The average molecular weight is 376 g/mol. The van der Waals surface area contributed by atoms with Gasteiger partial charge in [0.15, 0.2) is 0 Å². The molecule has 0 amide bonds. The number of hydrogen-bond acceptors (Lipinski definition) is 4. The van der Waals surface area contributed by atoms with Gasteiger partial charge >= 0.3 is 0 Å². The maximum absolute atomic E-state index is 11.2. The van der Waals surface area contributed by atoms with Gasteiger partial charge in [-0.2, -0.15) is 0 Å². The third kappa shape index (κ3) is 4.56. The van der Waals surface area contributed by atoms with E-state index in [1.807, 2.05) is 30.3 Å². The van der Waals surface area contributed by atoms with Gasteiger partial charge in [0.2, 0.25) is 0 Å². The standard InChI is InChI=1S/C23H24N2O3/c1-16-7-9-18(10-8-16)17(2)24-23(19-11-13-22(28-3)14-12-19)20-5-4-6-21(15-20)25(26)27/h4-15,17,23-24H,1-3H3/t17-,23?/m1/s1. The fourth-order valence-electron chi connectivity index (χ4n) is 3.20. The first-order valence-corrected chi connectivity index (χ1v) is 9.19. The molecule has 1 N–H and O–H groups in total. The Hall–Kier alpha value is -3.18. The van der Waals surface area contributed by atoms with Crippen molar-refractivity contribution in [2.45, 2.75) is 25.9 Å². The van der Waals surface area contributed by atoms with E-state index in [-0.39, 0.29) is 22.7 Å². The number of methoxy groups -OCH3 is 1. The van der Waals surface area contributed by atoms with Crippen LogP contribution in [0.3, 0.4) is 0 Å². The minimum absolute atomic E-state index is 0.0620. The van der Waals surface area contributed by atoms with E-state index in [9.17, 15) is 10.1 Å². The van der Waals surface area contributed by atoms with Crippen LogP contribution in [-0.2, 0) is 0 Å². The van der Waals surface area contributed by atoms with Crippen molar-refractivity contribution in [3.8, 4) is 5.75 Å². The molecule has 0 aliphatic rings. The predicted octanol–water partition coefficient (Wildman–Crippen LogP) is 5.35. The van der Waals surface area contributed by atoms with Crippen LogP contribution in [0.5, 0.6) is 5.75 Å². The fraction of sp³-hybridized carbons (Fsp3) is 0.217. The summed E-state index contributed by atoms with van der Waals surface area (Å²) in [4.78, 5) is 10.9. The molecule has 0 spiro atoms. The molecular formula is C23H24N2O3. The number of benzene rings is 3. The Balaban J connectivity index is 1.97. The van der Waals surface area contributed by atoms with Crippen molar-refractivity contribution >= 4 is 5.69 Å². The zero-order valence-electron chi connectivity index (χ0n) is 16.3. The van der Waals surface area contributed by atoms with Crippen LogP contribution in [0.15, 0.2) is 72.8 Å². The van der Waals surface area contributed by atoms with Crippen molar-refractivity contribution in [1.82, 2.24) is 5.32 Å². The number of nitrogens with zero attached hydrogens (tertiary/aromatic N) is 1. The number of hydrogen-bond donors (Lipinski definition) is 1. The second-order valence-electron chi connectivity index (χ2n) is 6.86. The van der Waals surface area contributed by atoms with Crippen LogP contribution in [-0.4, -0.2) is 12.0 Å². The second-order valence-corrected chi connectivity index (χ2v) is 6.86. The highest BCUT2D eigenvalue weighted by molar-refractivity contribution is 5.41. The average Bonchev–Trinajstić information content (AvgIpc) is 2.72. The van der Waals surface area contributed by atoms with Gasteiger partial charge < -0.3 is 4.74 Å². The Morgan fingerprint density at radius 3 is 2.18 bits per heavy atom. The first-order chi connectivity index (χ1) is 13.5. The van der Waals surface area contributed by atoms with E-state index in [0.29, 0.717) is 0 Å². The number of aryl methyl sites for hydroxylation is 1. The third-order valence-electron chi connectivity index (χ3n) is 4.86. The summed E-state index contributed by atoms with van der Waals surface area (Å²) in [6.45, 7) is 4.16. The number of ether oxygens (including phenoxy) is 1. The largest absolute Gasteiger partial charge is 0.497 e. The van der Waals surface area contributed by atoms with Gasteiger partial charge in [-0.25, -0.2) is 0 Å². The van der Waals surface area contributed by atoms with E-state index in [1.54, 1.807) is 19.2 Å². The molecule has 144 valence electrons. The maximum atomic E-state index is 11.2. The molecular weight excluding hydrogens is 352 g/mol. The summed E-state index contributed by atoms with van der Waals surface area (Å²) < 4.78 is 5.26. The van der Waals surface area contributed by atoms with Crippen molar-refractivity contribution in [2.75, 3.05) is 7.11 Å². The Kier molecular flexibility index (Phi) is 6.06. The van der Waals surface area contributed by atoms with Crippen LogP contribution in [0, 0.1) is 17.0 Å². The van der Waals surface area contributed by atoms with Crippen molar-refractivity contribution in [1.29, 1.82) is 0 Å². The summed E-state index contributed by atoms with van der Waals surface area (Å²) in [6, 6.07) is 22.8. The molecule has 0 saturated carbocycles. The van der Waals surface area contributed by atoms with Crippen molar-refractivity contribution < 1.29 is 9.66 Å². The Labute approximate surface area is 165 Å². The van der Waals surface area contributed by atoms with Gasteiger partial charge in [-0.3, -0.25) is 15.4 Å². The molecule has 0 saturated heterocycles. The van der Waals surface area contributed by atoms with Crippen LogP contribution in [0.25, 0.3) is 0 Å². The van der Waals surface area contributed by atoms with Crippen LogP contribution in [0.2, 0.25) is 0 Å². The summed E-state index contributed by atoms with van der Waals surface area (Å²) >= 11 is 0. The van der Waals surface area contributed by atoms with E-state index in [4.69, 9.17) is 4.74 Å². The smallest absolute Gasteiger partial charge is 0.269 e. The van der Waals surface area contributed by atoms with Gasteiger partial charge in [0.25, 0.3) is 5.69 Å². The summed E-state index contributed by atoms with van der Waals surface area (Å²) in [5.74, 6) is 0.771. The van der Waals surface area contributed by atoms with Gasteiger partial charge in [0.1, 0.15) is 5.75 Å². The third-order valence-corrected chi connectivity index (χ3v) is 4.86. The molecule has 3 aromatic rings. The Morgan fingerprint density at radius 1 is 0.929 bits per heavy atom. The van der Waals surface area contributed by atoms with Gasteiger partial charge in [-0.15, -0.1) is 0 Å². The highest BCUT2D eigenvalue weighted by atomic mass is 16.6. The molecule has 0 radical (unpaired) electrons. The van der Waals surface area contributed by atoms with Gasteiger partial charge in [0, 0.05) is 18.2 Å². The number of nitro benzene ring substituents is 1. The van der Waals surface area contributed by atoms with E-state index in [1.165, 1.54) is 11.6 Å². The Bertz CT molecular complexity index is 937. The summed E-state index contributed by atoms with van der Waals surface area (Å²) in [7, 11) is 1.63. The minimum Gasteiger partial charge on any atom is -0.497 e. The molecule has 2 atom stereocenters. The number of rotatable bonds is 7. The highest BCUT2D eigenvalue weighted by Crippen LogP contribution is 2.29. The van der Waals surface area contributed by atoms with Crippen LogP contribution in [0.1, 0.15) is 41.3 Å². The number of nitrogens with one attached hydrogen (secondary N) is 1. The minimum atomic E-state index is -0.363. The van der Waals surface area contributed by atoms with E-state index < -0.39 is 0 Å². The molecule has 3 rings (SSSR count). The molecule has 28 heavy (non-hydrogen) atoms. The fourth-order valence-corrected chi connectivity index (χ4v) is 3.20. The molecule has 3 aromatic carbocycles. The maximum Gasteiger partial charge on any atom is 0.269 e. The molecule has 0 bridgehead atoms. The normalized spacial score (nSPS) is 13.0. The first-order valence-electron chi connectivity index (χ1n) is 9.19. The summed E-state index contributed by atoms with van der Waals surface area (Å²) in [5, 5.41) is 14.9. The molecule has 0 aromatic heterocycles. The zero-order valence-corrected chi connectivity index (χ0v) is 16.3. The second kappa shape index (κ2) is 8.67. The quantitative estimate of drug-likeness (QED) is 0.446.